The monoisotopic (exact) mass is 246 g/mol. The lowest BCUT2D eigenvalue weighted by molar-refractivity contribution is -0.284. The van der Waals surface area contributed by atoms with Crippen molar-refractivity contribution in [1.29, 1.82) is 0 Å². The van der Waals surface area contributed by atoms with Gasteiger partial charge >= 0.3 is 0 Å². The Kier molecular flexibility index (Phi) is 2.57. The number of ether oxygens (including phenoxy) is 2. The lowest BCUT2D eigenvalue weighted by atomic mass is 9.84. The number of rotatable bonds is 0. The molecular formula is C15H20NO2. The van der Waals surface area contributed by atoms with Gasteiger partial charge in [0.05, 0.1) is 13.2 Å². The van der Waals surface area contributed by atoms with Crippen LogP contribution in [0.15, 0.2) is 16.7 Å². The third kappa shape index (κ3) is 1.78. The van der Waals surface area contributed by atoms with E-state index in [-0.39, 0.29) is 5.41 Å². The Morgan fingerprint density at radius 1 is 1.28 bits per heavy atom. The summed E-state index contributed by atoms with van der Waals surface area (Å²) in [4.78, 5) is 0. The summed E-state index contributed by atoms with van der Waals surface area (Å²) in [7, 11) is 0. The van der Waals surface area contributed by atoms with Crippen molar-refractivity contribution in [1.82, 2.24) is 5.41 Å². The molecule has 3 rings (SSSR count). The standard InChI is InChI=1S/C15H20NO2/c1-10-12(7-16)4-11-5-15(6-13(10)11)8-17-14(2,3)18-9-15/h11H,4-6,8-9H2,1-3H3. The predicted molar refractivity (Wildman–Crippen MR) is 69.1 cm³/mol. The molecule has 1 heterocycles. The number of hydrogen-bond donors (Lipinski definition) is 0. The highest BCUT2D eigenvalue weighted by Crippen LogP contribution is 2.55. The molecule has 0 bridgehead atoms. The summed E-state index contributed by atoms with van der Waals surface area (Å²) in [6.45, 7) is 7.62. The molecule has 1 radical (unpaired) electrons. The highest BCUT2D eigenvalue weighted by atomic mass is 16.7. The minimum absolute atomic E-state index is 0.164. The van der Waals surface area contributed by atoms with Crippen LogP contribution >= 0.6 is 0 Å². The smallest absolute Gasteiger partial charge is 0.162 e. The van der Waals surface area contributed by atoms with Crippen molar-refractivity contribution < 1.29 is 9.47 Å². The zero-order valence-corrected chi connectivity index (χ0v) is 11.4. The van der Waals surface area contributed by atoms with E-state index in [1.165, 1.54) is 11.1 Å². The fraction of sp³-hybridized carbons (Fsp3) is 0.733. The first-order valence-electron chi connectivity index (χ1n) is 6.69. The van der Waals surface area contributed by atoms with Gasteiger partial charge in [-0.05, 0) is 51.5 Å². The van der Waals surface area contributed by atoms with Gasteiger partial charge in [-0.1, -0.05) is 11.0 Å². The molecule has 1 atom stereocenters. The first-order chi connectivity index (χ1) is 8.45. The van der Waals surface area contributed by atoms with Gasteiger partial charge < -0.3 is 9.47 Å². The first kappa shape index (κ1) is 12.2. The molecule has 18 heavy (non-hydrogen) atoms. The maximum atomic E-state index is 9.09. The van der Waals surface area contributed by atoms with E-state index in [1.54, 1.807) is 0 Å². The van der Waals surface area contributed by atoms with Crippen molar-refractivity contribution in [3.05, 3.63) is 16.7 Å². The summed E-state index contributed by atoms with van der Waals surface area (Å²) in [5.74, 6) is 2.47. The van der Waals surface area contributed by atoms with E-state index in [4.69, 9.17) is 14.9 Å². The fourth-order valence-electron chi connectivity index (χ4n) is 3.58. The molecule has 1 unspecified atom stereocenters. The largest absolute Gasteiger partial charge is 0.350 e. The van der Waals surface area contributed by atoms with E-state index in [2.05, 4.69) is 12.8 Å². The van der Waals surface area contributed by atoms with Crippen LogP contribution in [0.4, 0.5) is 0 Å². The van der Waals surface area contributed by atoms with Gasteiger partial charge in [0, 0.05) is 16.9 Å². The molecule has 0 N–H and O–H groups in total. The quantitative estimate of drug-likeness (QED) is 0.615. The molecule has 1 saturated heterocycles. The molecule has 3 heteroatoms. The molecule has 0 amide bonds. The van der Waals surface area contributed by atoms with Crippen LogP contribution in [0.2, 0.25) is 0 Å². The van der Waals surface area contributed by atoms with Crippen LogP contribution in [0.3, 0.4) is 0 Å². The molecule has 1 aliphatic heterocycles. The second-order valence-corrected chi connectivity index (χ2v) is 6.50. The Morgan fingerprint density at radius 2 is 1.94 bits per heavy atom. The molecule has 3 nitrogen and oxygen atoms in total. The number of nitrogens with zero attached hydrogens (tertiary/aromatic N) is 1. The van der Waals surface area contributed by atoms with Crippen molar-refractivity contribution in [2.75, 3.05) is 13.2 Å². The highest BCUT2D eigenvalue weighted by Gasteiger charge is 2.49. The van der Waals surface area contributed by atoms with Crippen LogP contribution in [0.25, 0.3) is 0 Å². The van der Waals surface area contributed by atoms with Crippen LogP contribution in [0, 0.1) is 11.3 Å². The summed E-state index contributed by atoms with van der Waals surface area (Å²) in [5.41, 5.74) is 3.88. The van der Waals surface area contributed by atoms with E-state index in [0.717, 1.165) is 38.0 Å². The molecule has 1 saturated carbocycles. The van der Waals surface area contributed by atoms with Gasteiger partial charge in [-0.15, -0.1) is 0 Å². The van der Waals surface area contributed by atoms with Gasteiger partial charge in [0.25, 0.3) is 0 Å². The van der Waals surface area contributed by atoms with E-state index >= 15 is 0 Å². The maximum Gasteiger partial charge on any atom is 0.162 e. The van der Waals surface area contributed by atoms with Crippen molar-refractivity contribution in [2.45, 2.75) is 45.8 Å². The fourth-order valence-corrected chi connectivity index (χ4v) is 3.58. The minimum Gasteiger partial charge on any atom is -0.350 e. The Balaban J connectivity index is 1.82. The Bertz CT molecular complexity index is 459. The van der Waals surface area contributed by atoms with Gasteiger partial charge in [-0.2, -0.15) is 0 Å². The molecule has 2 aliphatic carbocycles. The van der Waals surface area contributed by atoms with E-state index in [9.17, 15) is 0 Å². The Hall–Kier alpha value is -0.890. The average molecular weight is 246 g/mol. The van der Waals surface area contributed by atoms with Crippen LogP contribution in [0.1, 0.15) is 40.0 Å². The predicted octanol–water partition coefficient (Wildman–Crippen LogP) is 2.28. The molecule has 2 fully saturated rings. The average Bonchev–Trinajstić information content (AvgIpc) is 2.81. The van der Waals surface area contributed by atoms with Crippen LogP contribution < -0.4 is 5.41 Å². The molecular weight excluding hydrogens is 226 g/mol. The summed E-state index contributed by atoms with van der Waals surface area (Å²) < 4.78 is 11.7. The Labute approximate surface area is 108 Å². The molecule has 3 aliphatic rings. The summed E-state index contributed by atoms with van der Waals surface area (Å²) in [5, 5.41) is 9.09. The second-order valence-electron chi connectivity index (χ2n) is 6.50. The molecule has 0 aromatic heterocycles. The topological polar surface area (TPSA) is 40.8 Å². The van der Waals surface area contributed by atoms with Crippen LogP contribution in [0.5, 0.6) is 0 Å². The second kappa shape index (κ2) is 3.80. The highest BCUT2D eigenvalue weighted by molar-refractivity contribution is 5.66. The van der Waals surface area contributed by atoms with Gasteiger partial charge in [-0.3, -0.25) is 0 Å². The third-order valence-corrected chi connectivity index (χ3v) is 4.71. The van der Waals surface area contributed by atoms with Crippen LogP contribution in [-0.4, -0.2) is 24.9 Å². The van der Waals surface area contributed by atoms with Gasteiger partial charge in [-0.25, -0.2) is 0 Å². The number of hydrogen-bond acceptors (Lipinski definition) is 2. The van der Waals surface area contributed by atoms with Gasteiger partial charge in [0.1, 0.15) is 0 Å². The molecule has 1 spiro atoms. The molecule has 0 aromatic carbocycles. The van der Waals surface area contributed by atoms with E-state index in [0.29, 0.717) is 5.92 Å². The zero-order chi connectivity index (χ0) is 13.0. The van der Waals surface area contributed by atoms with E-state index < -0.39 is 5.79 Å². The third-order valence-electron chi connectivity index (χ3n) is 4.71. The first-order valence-corrected chi connectivity index (χ1v) is 6.69. The van der Waals surface area contributed by atoms with Crippen molar-refractivity contribution >= 4 is 5.87 Å². The maximum absolute atomic E-state index is 9.09. The lowest BCUT2D eigenvalue weighted by Crippen LogP contribution is -2.45. The van der Waals surface area contributed by atoms with Crippen LogP contribution in [-0.2, 0) is 9.47 Å². The molecule has 0 aromatic rings. The van der Waals surface area contributed by atoms with Crippen molar-refractivity contribution in [3.63, 3.8) is 0 Å². The molecule has 97 valence electrons. The van der Waals surface area contributed by atoms with Gasteiger partial charge in [0.2, 0.25) is 0 Å². The SMILES string of the molecule is CC1=C2CC3(COC(C)(C)OC3)CC2CC1=C=[N]. The van der Waals surface area contributed by atoms with E-state index in [1.807, 2.05) is 13.8 Å². The zero-order valence-electron chi connectivity index (χ0n) is 11.4. The number of fused-ring (bicyclic) bond motifs is 1. The summed E-state index contributed by atoms with van der Waals surface area (Å²) in [6.07, 6.45) is 3.09. The summed E-state index contributed by atoms with van der Waals surface area (Å²) in [6, 6.07) is 0. The number of allylic oxidation sites excluding steroid dienone is 3. The minimum atomic E-state index is -0.434. The van der Waals surface area contributed by atoms with Crippen molar-refractivity contribution in [2.24, 2.45) is 11.3 Å². The van der Waals surface area contributed by atoms with Gasteiger partial charge in [0.15, 0.2) is 5.79 Å². The lowest BCUT2D eigenvalue weighted by Gasteiger charge is -2.41. The Morgan fingerprint density at radius 3 is 2.50 bits per heavy atom. The van der Waals surface area contributed by atoms with Crippen molar-refractivity contribution in [3.8, 4) is 0 Å². The summed E-state index contributed by atoms with van der Waals surface area (Å²) >= 11 is 0. The normalized spacial score (nSPS) is 32.8.